The van der Waals surface area contributed by atoms with Crippen molar-refractivity contribution in [1.29, 1.82) is 0 Å². The first-order valence-corrected chi connectivity index (χ1v) is 7.83. The average Bonchev–Trinajstić information content (AvgIpc) is 3.24. The summed E-state index contributed by atoms with van der Waals surface area (Å²) in [5.74, 6) is 0.786. The summed E-state index contributed by atoms with van der Waals surface area (Å²) in [7, 11) is 1.77. The number of carbonyl (C=O) groups excluding carboxylic acids is 1. The third-order valence-corrected chi connectivity index (χ3v) is 4.96. The maximum atomic E-state index is 12.1. The molecular weight excluding hydrogens is 254 g/mol. The first-order valence-electron chi connectivity index (χ1n) is 7.83. The van der Waals surface area contributed by atoms with E-state index < -0.39 is 5.54 Å². The van der Waals surface area contributed by atoms with E-state index in [0.717, 1.165) is 38.9 Å². The normalized spacial score (nSPS) is 30.9. The van der Waals surface area contributed by atoms with Crippen LogP contribution in [0.3, 0.4) is 0 Å². The first-order chi connectivity index (χ1) is 9.53. The largest absolute Gasteiger partial charge is 0.380 e. The van der Waals surface area contributed by atoms with Crippen molar-refractivity contribution in [3.63, 3.8) is 0 Å². The highest BCUT2D eigenvalue weighted by Crippen LogP contribution is 2.40. The Kier molecular flexibility index (Phi) is 5.04. The van der Waals surface area contributed by atoms with Crippen LogP contribution in [-0.4, -0.2) is 55.7 Å². The molecular formula is C15H29N3O2. The standard InChI is InChI=1S/C15H29N3O2/c1-4-17-15(14(16)19,12-5-6-12)10-18-8-7-11(2)13(9-18)20-3/h11-13,17H,4-10H2,1-3H3,(H2,16,19). The average molecular weight is 283 g/mol. The lowest BCUT2D eigenvalue weighted by Crippen LogP contribution is -2.64. The Balaban J connectivity index is 2.06. The second kappa shape index (κ2) is 6.41. The van der Waals surface area contributed by atoms with Gasteiger partial charge in [0, 0.05) is 20.2 Å². The molecule has 1 aliphatic carbocycles. The van der Waals surface area contributed by atoms with Crippen LogP contribution in [0, 0.1) is 11.8 Å². The molecule has 20 heavy (non-hydrogen) atoms. The molecule has 1 heterocycles. The Labute approximate surface area is 122 Å². The molecule has 0 bridgehead atoms. The topological polar surface area (TPSA) is 67.6 Å². The summed E-state index contributed by atoms with van der Waals surface area (Å²) in [6, 6.07) is 0. The van der Waals surface area contributed by atoms with E-state index in [-0.39, 0.29) is 12.0 Å². The van der Waals surface area contributed by atoms with Crippen molar-refractivity contribution in [1.82, 2.24) is 10.2 Å². The molecule has 1 saturated carbocycles. The van der Waals surface area contributed by atoms with Gasteiger partial charge in [0.1, 0.15) is 5.54 Å². The van der Waals surface area contributed by atoms with Crippen LogP contribution in [0.25, 0.3) is 0 Å². The number of primary amides is 1. The second-order valence-electron chi connectivity index (χ2n) is 6.42. The van der Waals surface area contributed by atoms with Crippen molar-refractivity contribution >= 4 is 5.91 Å². The lowest BCUT2D eigenvalue weighted by Gasteiger charge is -2.42. The van der Waals surface area contributed by atoms with Crippen LogP contribution in [0.4, 0.5) is 0 Å². The van der Waals surface area contributed by atoms with Gasteiger partial charge >= 0.3 is 0 Å². The predicted molar refractivity (Wildman–Crippen MR) is 79.3 cm³/mol. The number of nitrogens with two attached hydrogens (primary N) is 1. The van der Waals surface area contributed by atoms with E-state index in [1.165, 1.54) is 0 Å². The number of ether oxygens (including phenoxy) is 1. The maximum absolute atomic E-state index is 12.1. The van der Waals surface area contributed by atoms with Gasteiger partial charge in [-0.1, -0.05) is 13.8 Å². The van der Waals surface area contributed by atoms with Crippen molar-refractivity contribution in [3.05, 3.63) is 0 Å². The van der Waals surface area contributed by atoms with Crippen molar-refractivity contribution in [2.24, 2.45) is 17.6 Å². The van der Waals surface area contributed by atoms with E-state index in [1.807, 2.05) is 6.92 Å². The Morgan fingerprint density at radius 1 is 1.45 bits per heavy atom. The van der Waals surface area contributed by atoms with Crippen molar-refractivity contribution in [3.8, 4) is 0 Å². The molecule has 5 heteroatoms. The number of amides is 1. The first kappa shape index (κ1) is 15.7. The van der Waals surface area contributed by atoms with Crippen LogP contribution < -0.4 is 11.1 Å². The smallest absolute Gasteiger partial charge is 0.239 e. The molecule has 2 fully saturated rings. The minimum Gasteiger partial charge on any atom is -0.380 e. The van der Waals surface area contributed by atoms with Gasteiger partial charge in [-0.2, -0.15) is 0 Å². The monoisotopic (exact) mass is 283 g/mol. The molecule has 3 N–H and O–H groups in total. The molecule has 1 amide bonds. The van der Waals surface area contributed by atoms with Crippen LogP contribution in [0.1, 0.15) is 33.1 Å². The molecule has 0 aromatic rings. The number of likely N-dealkylation sites (N-methyl/N-ethyl adjacent to an activating group) is 1. The molecule has 0 aromatic carbocycles. The summed E-state index contributed by atoms with van der Waals surface area (Å²) < 4.78 is 5.57. The Morgan fingerprint density at radius 3 is 2.65 bits per heavy atom. The van der Waals surface area contributed by atoms with Crippen LogP contribution in [0.2, 0.25) is 0 Å². The summed E-state index contributed by atoms with van der Waals surface area (Å²) >= 11 is 0. The summed E-state index contributed by atoms with van der Waals surface area (Å²) in [4.78, 5) is 14.4. The molecule has 1 aliphatic heterocycles. The Hall–Kier alpha value is -0.650. The molecule has 0 radical (unpaired) electrons. The molecule has 2 aliphatic rings. The number of hydrogen-bond donors (Lipinski definition) is 2. The van der Waals surface area contributed by atoms with E-state index in [0.29, 0.717) is 18.4 Å². The van der Waals surface area contributed by atoms with Gasteiger partial charge in [-0.25, -0.2) is 0 Å². The van der Waals surface area contributed by atoms with Crippen LogP contribution in [-0.2, 0) is 9.53 Å². The van der Waals surface area contributed by atoms with E-state index in [4.69, 9.17) is 10.5 Å². The van der Waals surface area contributed by atoms with Gasteiger partial charge in [0.25, 0.3) is 0 Å². The molecule has 5 nitrogen and oxygen atoms in total. The molecule has 0 spiro atoms. The summed E-state index contributed by atoms with van der Waals surface area (Å²) in [6.45, 7) is 7.68. The van der Waals surface area contributed by atoms with E-state index >= 15 is 0 Å². The summed E-state index contributed by atoms with van der Waals surface area (Å²) in [5, 5.41) is 3.39. The van der Waals surface area contributed by atoms with E-state index in [9.17, 15) is 4.79 Å². The van der Waals surface area contributed by atoms with E-state index in [1.54, 1.807) is 7.11 Å². The lowest BCUT2D eigenvalue weighted by atomic mass is 9.88. The van der Waals surface area contributed by atoms with Crippen molar-refractivity contribution < 1.29 is 9.53 Å². The van der Waals surface area contributed by atoms with Gasteiger partial charge in [-0.3, -0.25) is 9.69 Å². The number of rotatable bonds is 7. The van der Waals surface area contributed by atoms with Gasteiger partial charge in [-0.05, 0) is 44.2 Å². The van der Waals surface area contributed by atoms with Gasteiger partial charge in [0.2, 0.25) is 5.91 Å². The Morgan fingerprint density at radius 2 is 2.15 bits per heavy atom. The summed E-state index contributed by atoms with van der Waals surface area (Å²) in [6.07, 6.45) is 3.58. The number of carbonyl (C=O) groups is 1. The number of nitrogens with zero attached hydrogens (tertiary/aromatic N) is 1. The van der Waals surface area contributed by atoms with Gasteiger partial charge in [0.05, 0.1) is 6.10 Å². The highest BCUT2D eigenvalue weighted by Gasteiger charge is 2.50. The minimum atomic E-state index is -0.548. The number of hydrogen-bond acceptors (Lipinski definition) is 4. The molecule has 116 valence electrons. The van der Waals surface area contributed by atoms with Gasteiger partial charge in [0.15, 0.2) is 0 Å². The number of likely N-dealkylation sites (tertiary alicyclic amines) is 1. The zero-order chi connectivity index (χ0) is 14.8. The predicted octanol–water partition coefficient (Wildman–Crippen LogP) is 0.587. The fourth-order valence-electron chi connectivity index (χ4n) is 3.49. The number of nitrogens with one attached hydrogen (secondary N) is 1. The number of methoxy groups -OCH3 is 1. The highest BCUT2D eigenvalue weighted by atomic mass is 16.5. The summed E-state index contributed by atoms with van der Waals surface area (Å²) in [5.41, 5.74) is 5.20. The molecule has 1 saturated heterocycles. The van der Waals surface area contributed by atoms with Gasteiger partial charge in [-0.15, -0.1) is 0 Å². The van der Waals surface area contributed by atoms with Crippen LogP contribution >= 0.6 is 0 Å². The minimum absolute atomic E-state index is 0.200. The lowest BCUT2D eigenvalue weighted by molar-refractivity contribution is -0.127. The molecule has 3 unspecified atom stereocenters. The molecule has 0 aromatic heterocycles. The van der Waals surface area contributed by atoms with E-state index in [2.05, 4.69) is 17.1 Å². The fourth-order valence-corrected chi connectivity index (χ4v) is 3.49. The number of piperidine rings is 1. The SMILES string of the molecule is CCNC(CN1CCC(C)C(OC)C1)(C(N)=O)C1CC1. The zero-order valence-corrected chi connectivity index (χ0v) is 13.0. The van der Waals surface area contributed by atoms with Crippen LogP contribution in [0.15, 0.2) is 0 Å². The van der Waals surface area contributed by atoms with Crippen molar-refractivity contribution in [2.45, 2.75) is 44.8 Å². The Bertz CT molecular complexity index is 346. The van der Waals surface area contributed by atoms with Crippen molar-refractivity contribution in [2.75, 3.05) is 33.3 Å². The van der Waals surface area contributed by atoms with Gasteiger partial charge < -0.3 is 15.8 Å². The third-order valence-electron chi connectivity index (χ3n) is 4.96. The van der Waals surface area contributed by atoms with Crippen LogP contribution in [0.5, 0.6) is 0 Å². The second-order valence-corrected chi connectivity index (χ2v) is 6.42. The fraction of sp³-hybridized carbons (Fsp3) is 0.933. The molecule has 3 atom stereocenters. The quantitative estimate of drug-likeness (QED) is 0.717. The maximum Gasteiger partial charge on any atom is 0.239 e. The molecule has 2 rings (SSSR count). The highest BCUT2D eigenvalue weighted by molar-refractivity contribution is 5.86. The third kappa shape index (κ3) is 3.15. The zero-order valence-electron chi connectivity index (χ0n) is 13.0.